The maximum absolute atomic E-state index is 13.0. The zero-order valence-corrected chi connectivity index (χ0v) is 31.3. The summed E-state index contributed by atoms with van der Waals surface area (Å²) in [6.45, 7) is -1.07. The van der Waals surface area contributed by atoms with Gasteiger partial charge in [-0.1, -0.05) is 23.7 Å². The Hall–Kier alpha value is -5.79. The second-order valence-electron chi connectivity index (χ2n) is 12.6. The summed E-state index contributed by atoms with van der Waals surface area (Å²) in [5.74, 6) is -2.79. The number of ether oxygens (including phenoxy) is 2. The van der Waals surface area contributed by atoms with Crippen molar-refractivity contribution in [2.24, 2.45) is 0 Å². The summed E-state index contributed by atoms with van der Waals surface area (Å²) in [5.41, 5.74) is 0.916. The van der Waals surface area contributed by atoms with Crippen LogP contribution in [0.15, 0.2) is 66.9 Å². The molecule has 5 rings (SSSR count). The SMILES string of the molecule is CN(C)CCOc1ccc(NC(=O)C(=O)NC[C@H](NC(=O)c2ccc(Nc3nc(NC4(c5ccc(Cl)cc5)CC4)nc(OCC(F)(F)F)n3)cc2)C(=O)Cl)cn1. The molecule has 0 spiro atoms. The number of benzene rings is 2. The highest BCUT2D eigenvalue weighted by Crippen LogP contribution is 2.48. The van der Waals surface area contributed by atoms with Gasteiger partial charge in [0.05, 0.1) is 17.4 Å². The maximum atomic E-state index is 13.0. The van der Waals surface area contributed by atoms with Crippen LogP contribution in [0.4, 0.5) is 36.4 Å². The number of pyridine rings is 1. The van der Waals surface area contributed by atoms with Crippen molar-refractivity contribution in [1.82, 2.24) is 35.5 Å². The van der Waals surface area contributed by atoms with Crippen LogP contribution in [-0.2, 0) is 19.9 Å². The van der Waals surface area contributed by atoms with Gasteiger partial charge in [-0.3, -0.25) is 19.2 Å². The molecule has 5 N–H and O–H groups in total. The van der Waals surface area contributed by atoms with Crippen molar-refractivity contribution in [3.63, 3.8) is 0 Å². The molecule has 296 valence electrons. The summed E-state index contributed by atoms with van der Waals surface area (Å²) in [5, 5.41) is 12.6. The number of aromatic nitrogens is 4. The van der Waals surface area contributed by atoms with E-state index in [-0.39, 0.29) is 23.1 Å². The summed E-state index contributed by atoms with van der Waals surface area (Å²) in [7, 11) is 3.79. The molecule has 2 aromatic carbocycles. The minimum Gasteiger partial charge on any atom is -0.476 e. The van der Waals surface area contributed by atoms with E-state index in [1.165, 1.54) is 42.6 Å². The van der Waals surface area contributed by atoms with Crippen LogP contribution in [0, 0.1) is 0 Å². The van der Waals surface area contributed by atoms with Gasteiger partial charge in [-0.05, 0) is 86.6 Å². The number of nitrogens with zero attached hydrogens (tertiary/aromatic N) is 5. The van der Waals surface area contributed by atoms with Gasteiger partial charge in [-0.2, -0.15) is 28.1 Å². The Morgan fingerprint density at radius 3 is 2.18 bits per heavy atom. The molecule has 1 fully saturated rings. The fourth-order valence-electron chi connectivity index (χ4n) is 4.87. The lowest BCUT2D eigenvalue weighted by atomic mass is 10.1. The Bertz CT molecular complexity index is 2020. The van der Waals surface area contributed by atoms with E-state index >= 15 is 0 Å². The van der Waals surface area contributed by atoms with Gasteiger partial charge in [0.25, 0.3) is 5.91 Å². The van der Waals surface area contributed by atoms with Crippen LogP contribution in [0.25, 0.3) is 0 Å². The molecule has 1 aliphatic carbocycles. The fourth-order valence-corrected chi connectivity index (χ4v) is 5.13. The zero-order valence-electron chi connectivity index (χ0n) is 29.7. The lowest BCUT2D eigenvalue weighted by Gasteiger charge is -2.19. The van der Waals surface area contributed by atoms with Crippen LogP contribution in [0.5, 0.6) is 11.9 Å². The van der Waals surface area contributed by atoms with Gasteiger partial charge in [-0.15, -0.1) is 0 Å². The van der Waals surface area contributed by atoms with E-state index in [0.29, 0.717) is 42.6 Å². The number of nitrogens with one attached hydrogen (secondary N) is 5. The number of likely N-dealkylation sites (N-methyl/N-ethyl adjacent to an activating group) is 1. The summed E-state index contributed by atoms with van der Waals surface area (Å²) in [6.07, 6.45) is -1.95. The number of halogens is 5. The lowest BCUT2D eigenvalue weighted by molar-refractivity contribution is -0.154. The smallest absolute Gasteiger partial charge is 0.422 e. The summed E-state index contributed by atoms with van der Waals surface area (Å²) in [4.78, 5) is 68.2. The molecule has 2 heterocycles. The quantitative estimate of drug-likeness (QED) is 0.0748. The van der Waals surface area contributed by atoms with Crippen LogP contribution < -0.4 is 36.1 Å². The molecule has 2 aromatic heterocycles. The Morgan fingerprint density at radius 2 is 1.57 bits per heavy atom. The minimum absolute atomic E-state index is 0.0445. The van der Waals surface area contributed by atoms with Crippen molar-refractivity contribution in [1.29, 1.82) is 0 Å². The number of rotatable bonds is 17. The van der Waals surface area contributed by atoms with Crippen LogP contribution in [-0.4, -0.2) is 100 Å². The lowest BCUT2D eigenvalue weighted by Crippen LogP contribution is -2.49. The molecule has 0 saturated heterocycles. The van der Waals surface area contributed by atoms with Crippen molar-refractivity contribution in [2.75, 3.05) is 56.3 Å². The first kappa shape index (κ1) is 41.4. The van der Waals surface area contributed by atoms with Crippen LogP contribution in [0.2, 0.25) is 5.02 Å². The Morgan fingerprint density at radius 1 is 0.893 bits per heavy atom. The van der Waals surface area contributed by atoms with E-state index in [9.17, 15) is 32.3 Å². The average Bonchev–Trinajstić information content (AvgIpc) is 3.93. The number of carbonyl (C=O) groups excluding carboxylic acids is 4. The highest BCUT2D eigenvalue weighted by atomic mass is 35.5. The van der Waals surface area contributed by atoms with E-state index in [2.05, 4.69) is 46.5 Å². The molecule has 0 radical (unpaired) electrons. The number of hydrogen-bond acceptors (Lipinski definition) is 13. The number of hydrogen-bond donors (Lipinski definition) is 5. The summed E-state index contributed by atoms with van der Waals surface area (Å²) >= 11 is 11.7. The van der Waals surface area contributed by atoms with Gasteiger partial charge >= 0.3 is 24.0 Å². The largest absolute Gasteiger partial charge is 0.476 e. The van der Waals surface area contributed by atoms with Gasteiger partial charge in [0, 0.05) is 35.4 Å². The third kappa shape index (κ3) is 12.4. The second kappa shape index (κ2) is 18.2. The molecule has 3 amide bonds. The van der Waals surface area contributed by atoms with E-state index in [1.807, 2.05) is 31.1 Å². The minimum atomic E-state index is -4.65. The van der Waals surface area contributed by atoms with Crippen LogP contribution >= 0.6 is 23.2 Å². The number of anilines is 4. The number of alkyl halides is 3. The fraction of sp³-hybridized carbons (Fsp3) is 0.314. The Labute approximate surface area is 327 Å². The van der Waals surface area contributed by atoms with E-state index in [0.717, 1.165) is 5.56 Å². The zero-order chi connectivity index (χ0) is 40.5. The third-order valence-corrected chi connectivity index (χ3v) is 8.43. The van der Waals surface area contributed by atoms with Crippen molar-refractivity contribution in [2.45, 2.75) is 30.6 Å². The Kier molecular flexibility index (Phi) is 13.5. The molecular weight excluding hydrogens is 784 g/mol. The highest BCUT2D eigenvalue weighted by molar-refractivity contribution is 6.65. The van der Waals surface area contributed by atoms with Crippen LogP contribution in [0.1, 0.15) is 28.8 Å². The standard InChI is InChI=1S/C35H35Cl2F3N10O6/c1-50(2)15-16-55-26-12-11-24(17-41-26)43-30(54)29(53)42-18-25(27(37)51)45-28(52)20-3-9-23(10-4-20)44-31-46-32(48-33(47-31)56-19-35(38,39)40)49-34(13-14-34)21-5-7-22(36)8-6-21/h3-12,17,25H,13-16,18-19H2,1-2H3,(H,42,53)(H,43,54)(H,45,52)(H2,44,46,47,48,49)/t25-/m0/s1. The van der Waals surface area contributed by atoms with Crippen molar-refractivity contribution in [3.05, 3.63) is 83.0 Å². The molecule has 56 heavy (non-hydrogen) atoms. The predicted octanol–water partition coefficient (Wildman–Crippen LogP) is 4.27. The molecule has 16 nitrogen and oxygen atoms in total. The van der Waals surface area contributed by atoms with E-state index in [4.69, 9.17) is 32.7 Å². The molecule has 0 aliphatic heterocycles. The third-order valence-electron chi connectivity index (χ3n) is 7.92. The molecule has 21 heteroatoms. The topological polar surface area (TPSA) is 202 Å². The van der Waals surface area contributed by atoms with Gasteiger partial charge < -0.3 is 41.0 Å². The second-order valence-corrected chi connectivity index (χ2v) is 13.4. The molecule has 1 atom stereocenters. The Balaban J connectivity index is 1.17. The first-order valence-electron chi connectivity index (χ1n) is 16.8. The molecular formula is C35H35Cl2F3N10O6. The maximum Gasteiger partial charge on any atom is 0.422 e. The van der Waals surface area contributed by atoms with Crippen molar-refractivity contribution >= 4 is 69.4 Å². The van der Waals surface area contributed by atoms with E-state index < -0.39 is 59.9 Å². The van der Waals surface area contributed by atoms with Crippen LogP contribution in [0.3, 0.4) is 0 Å². The van der Waals surface area contributed by atoms with Crippen molar-refractivity contribution in [3.8, 4) is 11.9 Å². The first-order valence-corrected chi connectivity index (χ1v) is 17.5. The monoisotopic (exact) mass is 818 g/mol. The predicted molar refractivity (Wildman–Crippen MR) is 199 cm³/mol. The molecule has 0 unspecified atom stereocenters. The molecule has 4 aromatic rings. The molecule has 1 saturated carbocycles. The van der Waals surface area contributed by atoms with Gasteiger partial charge in [0.1, 0.15) is 12.6 Å². The van der Waals surface area contributed by atoms with Crippen molar-refractivity contribution < 1.29 is 41.8 Å². The molecule has 0 bridgehead atoms. The van der Waals surface area contributed by atoms with Gasteiger partial charge in [-0.25, -0.2) is 4.98 Å². The normalized spacial score (nSPS) is 13.6. The first-order chi connectivity index (χ1) is 26.6. The van der Waals surface area contributed by atoms with E-state index in [1.54, 1.807) is 12.1 Å². The number of carbonyl (C=O) groups is 4. The van der Waals surface area contributed by atoms with Gasteiger partial charge in [0.15, 0.2) is 6.61 Å². The average molecular weight is 820 g/mol. The summed E-state index contributed by atoms with van der Waals surface area (Å²) in [6, 6.07) is 13.7. The molecule has 1 aliphatic rings. The highest BCUT2D eigenvalue weighted by Gasteiger charge is 2.45. The van der Waals surface area contributed by atoms with Gasteiger partial charge in [0.2, 0.25) is 23.0 Å². The number of amides is 3. The summed E-state index contributed by atoms with van der Waals surface area (Å²) < 4.78 is 49.1.